The van der Waals surface area contributed by atoms with Gasteiger partial charge in [0.05, 0.1) is 0 Å². The molecule has 1 heteroatoms. The summed E-state index contributed by atoms with van der Waals surface area (Å²) in [4.78, 5) is 2.64. The molecule has 0 unspecified atom stereocenters. The summed E-state index contributed by atoms with van der Waals surface area (Å²) < 4.78 is 0. The molecule has 0 aromatic carbocycles. The van der Waals surface area contributed by atoms with Crippen LogP contribution in [0.1, 0.15) is 46.0 Å². The van der Waals surface area contributed by atoms with Crippen LogP contribution in [0.2, 0.25) is 0 Å². The van der Waals surface area contributed by atoms with Crippen molar-refractivity contribution in [2.75, 3.05) is 13.1 Å². The van der Waals surface area contributed by atoms with Gasteiger partial charge in [0.1, 0.15) is 0 Å². The van der Waals surface area contributed by atoms with Crippen LogP contribution < -0.4 is 0 Å². The maximum atomic E-state index is 4.11. The Bertz CT molecular complexity index is 285. The monoisotopic (exact) mass is 233 g/mol. The van der Waals surface area contributed by atoms with Gasteiger partial charge in [-0.2, -0.15) is 0 Å². The first-order chi connectivity index (χ1) is 8.00. The molecule has 0 amide bonds. The van der Waals surface area contributed by atoms with Crippen molar-refractivity contribution in [1.29, 1.82) is 0 Å². The predicted octanol–water partition coefficient (Wildman–Crippen LogP) is 4.33. The zero-order chi connectivity index (χ0) is 12.9. The van der Waals surface area contributed by atoms with E-state index in [1.165, 1.54) is 30.5 Å². The molecule has 0 aromatic rings. The molecule has 0 aliphatic carbocycles. The van der Waals surface area contributed by atoms with Crippen LogP contribution in [0.4, 0.5) is 0 Å². The van der Waals surface area contributed by atoms with Crippen LogP contribution in [-0.2, 0) is 0 Å². The quantitative estimate of drug-likeness (QED) is 0.592. The lowest BCUT2D eigenvalue weighted by atomic mass is 9.83. The Kier molecular flexibility index (Phi) is 5.20. The van der Waals surface area contributed by atoms with Crippen molar-refractivity contribution >= 4 is 0 Å². The van der Waals surface area contributed by atoms with E-state index in [1.807, 2.05) is 6.08 Å². The molecule has 1 heterocycles. The van der Waals surface area contributed by atoms with Gasteiger partial charge in [0.25, 0.3) is 0 Å². The van der Waals surface area contributed by atoms with Gasteiger partial charge in [0.2, 0.25) is 0 Å². The molecule has 1 fully saturated rings. The number of rotatable bonds is 7. The molecule has 0 atom stereocenters. The summed E-state index contributed by atoms with van der Waals surface area (Å²) in [5.74, 6) is 0. The van der Waals surface area contributed by atoms with Crippen LogP contribution in [-0.4, -0.2) is 23.5 Å². The smallest absolute Gasteiger partial charge is 0.0283 e. The Morgan fingerprint density at radius 2 is 1.82 bits per heavy atom. The van der Waals surface area contributed by atoms with Crippen LogP contribution >= 0.6 is 0 Å². The van der Waals surface area contributed by atoms with Gasteiger partial charge in [0.15, 0.2) is 0 Å². The maximum Gasteiger partial charge on any atom is 0.0283 e. The minimum atomic E-state index is 0.292. The number of hydrogen-bond acceptors (Lipinski definition) is 1. The molecule has 1 rings (SSSR count). The van der Waals surface area contributed by atoms with Crippen LogP contribution in [0.15, 0.2) is 37.0 Å². The largest absolute Gasteiger partial charge is 0.297 e. The van der Waals surface area contributed by atoms with E-state index in [-0.39, 0.29) is 0 Å². The lowest BCUT2D eigenvalue weighted by molar-refractivity contribution is 0.138. The normalized spacial score (nSPS) is 19.2. The van der Waals surface area contributed by atoms with Gasteiger partial charge < -0.3 is 0 Å². The fourth-order valence-electron chi connectivity index (χ4n) is 3.18. The summed E-state index contributed by atoms with van der Waals surface area (Å²) in [5.41, 5.74) is 2.87. The van der Waals surface area contributed by atoms with Gasteiger partial charge in [-0.15, -0.1) is 19.7 Å². The first kappa shape index (κ1) is 14.2. The summed E-state index contributed by atoms with van der Waals surface area (Å²) in [7, 11) is 0. The average molecular weight is 233 g/mol. The highest BCUT2D eigenvalue weighted by molar-refractivity contribution is 5.11. The van der Waals surface area contributed by atoms with E-state index in [0.717, 1.165) is 25.8 Å². The van der Waals surface area contributed by atoms with E-state index >= 15 is 0 Å². The molecule has 1 aliphatic rings. The van der Waals surface area contributed by atoms with Gasteiger partial charge in [-0.3, -0.25) is 4.90 Å². The molecule has 1 nitrogen and oxygen atoms in total. The molecule has 0 bridgehead atoms. The first-order valence-electron chi connectivity index (χ1n) is 6.65. The van der Waals surface area contributed by atoms with E-state index in [9.17, 15) is 0 Å². The van der Waals surface area contributed by atoms with Crippen molar-refractivity contribution in [3.8, 4) is 0 Å². The lowest BCUT2D eigenvalue weighted by Gasteiger charge is -2.39. The van der Waals surface area contributed by atoms with Crippen LogP contribution in [0.25, 0.3) is 0 Å². The fourth-order valence-corrected chi connectivity index (χ4v) is 3.18. The molecule has 0 saturated carbocycles. The van der Waals surface area contributed by atoms with Crippen molar-refractivity contribution in [3.05, 3.63) is 37.0 Å². The van der Waals surface area contributed by atoms with Crippen molar-refractivity contribution < 1.29 is 0 Å². The highest BCUT2D eigenvalue weighted by Crippen LogP contribution is 2.39. The standard InChI is InChI=1S/C16H27N/c1-6-7-10-17-11-8-9-16(17,12-14(2)3)13-15(4)5/h6H,1-2,4,7-13H2,3,5H3. The second-order valence-corrected chi connectivity index (χ2v) is 5.66. The third-order valence-electron chi connectivity index (χ3n) is 3.61. The Balaban J connectivity index is 2.81. The van der Waals surface area contributed by atoms with Crippen LogP contribution in [0, 0.1) is 0 Å². The lowest BCUT2D eigenvalue weighted by Crippen LogP contribution is -2.44. The highest BCUT2D eigenvalue weighted by atomic mass is 15.2. The van der Waals surface area contributed by atoms with Crippen LogP contribution in [0.5, 0.6) is 0 Å². The Labute approximate surface area is 107 Å². The number of nitrogens with zero attached hydrogens (tertiary/aromatic N) is 1. The van der Waals surface area contributed by atoms with Gasteiger partial charge in [-0.05, 0) is 52.5 Å². The van der Waals surface area contributed by atoms with Gasteiger partial charge in [-0.25, -0.2) is 0 Å². The van der Waals surface area contributed by atoms with E-state index in [0.29, 0.717) is 5.54 Å². The van der Waals surface area contributed by atoms with E-state index < -0.39 is 0 Å². The maximum absolute atomic E-state index is 4.11. The summed E-state index contributed by atoms with van der Waals surface area (Å²) in [6, 6.07) is 0. The van der Waals surface area contributed by atoms with Gasteiger partial charge in [0, 0.05) is 12.1 Å². The average Bonchev–Trinajstić information content (AvgIpc) is 2.55. The number of likely N-dealkylation sites (tertiary alicyclic amines) is 1. The SMILES string of the molecule is C=CCCN1CCCC1(CC(=C)C)CC(=C)C. The van der Waals surface area contributed by atoms with Gasteiger partial charge >= 0.3 is 0 Å². The Morgan fingerprint density at radius 1 is 1.24 bits per heavy atom. The molecular formula is C16H27N. The minimum absolute atomic E-state index is 0.292. The zero-order valence-corrected chi connectivity index (χ0v) is 11.6. The predicted molar refractivity (Wildman–Crippen MR) is 77.2 cm³/mol. The molecular weight excluding hydrogens is 206 g/mol. The van der Waals surface area contributed by atoms with Crippen molar-refractivity contribution in [2.24, 2.45) is 0 Å². The van der Waals surface area contributed by atoms with E-state index in [2.05, 4.69) is 38.5 Å². The molecule has 96 valence electrons. The summed E-state index contributed by atoms with van der Waals surface area (Å²) in [6.07, 6.45) is 7.90. The Hall–Kier alpha value is -0.820. The van der Waals surface area contributed by atoms with Crippen molar-refractivity contribution in [1.82, 2.24) is 4.90 Å². The van der Waals surface area contributed by atoms with E-state index in [1.54, 1.807) is 0 Å². The number of hydrogen-bond donors (Lipinski definition) is 0. The van der Waals surface area contributed by atoms with E-state index in [4.69, 9.17) is 0 Å². The fraction of sp³-hybridized carbons (Fsp3) is 0.625. The summed E-state index contributed by atoms with van der Waals surface area (Å²) in [5, 5.41) is 0. The van der Waals surface area contributed by atoms with Gasteiger partial charge in [-0.1, -0.05) is 17.2 Å². The van der Waals surface area contributed by atoms with Crippen molar-refractivity contribution in [3.63, 3.8) is 0 Å². The minimum Gasteiger partial charge on any atom is -0.297 e. The molecule has 0 N–H and O–H groups in total. The third-order valence-corrected chi connectivity index (χ3v) is 3.61. The van der Waals surface area contributed by atoms with Crippen LogP contribution in [0.3, 0.4) is 0 Å². The second-order valence-electron chi connectivity index (χ2n) is 5.66. The first-order valence-corrected chi connectivity index (χ1v) is 6.65. The third kappa shape index (κ3) is 3.85. The van der Waals surface area contributed by atoms with Crippen molar-refractivity contribution in [2.45, 2.75) is 51.5 Å². The topological polar surface area (TPSA) is 3.24 Å². The highest BCUT2D eigenvalue weighted by Gasteiger charge is 2.39. The zero-order valence-electron chi connectivity index (χ0n) is 11.6. The Morgan fingerprint density at radius 3 is 2.29 bits per heavy atom. The molecule has 0 aromatic heterocycles. The summed E-state index contributed by atoms with van der Waals surface area (Å²) >= 11 is 0. The summed E-state index contributed by atoms with van der Waals surface area (Å²) in [6.45, 7) is 18.7. The molecule has 0 radical (unpaired) electrons. The second kappa shape index (κ2) is 6.20. The molecule has 17 heavy (non-hydrogen) atoms. The molecule has 0 spiro atoms. The molecule has 1 saturated heterocycles. The molecule has 1 aliphatic heterocycles.